The Hall–Kier alpha value is -3.92. The molecule has 1 heterocycles. The summed E-state index contributed by atoms with van der Waals surface area (Å²) in [6.07, 6.45) is 2.61. The number of aliphatic hydroxyl groups excluding tert-OH is 2. The van der Waals surface area contributed by atoms with Crippen molar-refractivity contribution in [2.75, 3.05) is 26.2 Å². The number of hydrogen-bond acceptors (Lipinski definition) is 7. The minimum atomic E-state index is -1.07. The van der Waals surface area contributed by atoms with Crippen LogP contribution in [0.1, 0.15) is 74.8 Å². The summed E-state index contributed by atoms with van der Waals surface area (Å²) in [6, 6.07) is 23.9. The lowest BCUT2D eigenvalue weighted by Gasteiger charge is -2.30. The van der Waals surface area contributed by atoms with E-state index in [-0.39, 0.29) is 12.3 Å². The Morgan fingerprint density at radius 1 is 0.898 bits per heavy atom. The molecule has 2 amide bonds. The Kier molecular flexibility index (Phi) is 12.7. The summed E-state index contributed by atoms with van der Waals surface area (Å²) in [6.45, 7) is 9.14. The smallest absolute Gasteiger partial charge is 0.407 e. The minimum Gasteiger partial charge on any atom is -0.492 e. The largest absolute Gasteiger partial charge is 0.492 e. The second-order valence-corrected chi connectivity index (χ2v) is 14.5. The maximum absolute atomic E-state index is 14.1. The molecule has 49 heavy (non-hydrogen) atoms. The van der Waals surface area contributed by atoms with Crippen molar-refractivity contribution in [1.82, 2.24) is 15.5 Å². The van der Waals surface area contributed by atoms with Gasteiger partial charge in [0.2, 0.25) is 5.91 Å². The molecular formula is C40H53N3O6. The average molecular weight is 672 g/mol. The number of alkyl carbamates (subject to hydrolysis) is 1. The van der Waals surface area contributed by atoms with Crippen molar-refractivity contribution in [3.63, 3.8) is 0 Å². The molecule has 5 atom stereocenters. The molecule has 0 saturated carbocycles. The van der Waals surface area contributed by atoms with Gasteiger partial charge in [0.05, 0.1) is 24.3 Å². The van der Waals surface area contributed by atoms with E-state index in [0.29, 0.717) is 25.9 Å². The minimum absolute atomic E-state index is 0.0810. The maximum Gasteiger partial charge on any atom is 0.407 e. The van der Waals surface area contributed by atoms with E-state index >= 15 is 0 Å². The second kappa shape index (κ2) is 17.1. The number of rotatable bonds is 14. The van der Waals surface area contributed by atoms with Crippen molar-refractivity contribution in [2.45, 2.75) is 95.6 Å². The summed E-state index contributed by atoms with van der Waals surface area (Å²) in [5.41, 5.74) is 3.06. The molecule has 1 saturated heterocycles. The van der Waals surface area contributed by atoms with E-state index in [9.17, 15) is 19.8 Å². The van der Waals surface area contributed by atoms with Crippen molar-refractivity contribution in [2.24, 2.45) is 5.92 Å². The Morgan fingerprint density at radius 2 is 1.57 bits per heavy atom. The Bertz CT molecular complexity index is 1490. The van der Waals surface area contributed by atoms with Gasteiger partial charge in [-0.2, -0.15) is 0 Å². The lowest BCUT2D eigenvalue weighted by molar-refractivity contribution is -0.127. The average Bonchev–Trinajstić information content (AvgIpc) is 3.39. The summed E-state index contributed by atoms with van der Waals surface area (Å²) in [5.74, 6) is -0.145. The molecule has 1 aliphatic heterocycles. The number of likely N-dealkylation sites (tertiary alicyclic amines) is 1. The number of nitrogens with one attached hydrogen (secondary N) is 2. The molecular weight excluding hydrogens is 618 g/mol. The highest BCUT2D eigenvalue weighted by Crippen LogP contribution is 2.32. The van der Waals surface area contributed by atoms with Crippen LogP contribution >= 0.6 is 0 Å². The van der Waals surface area contributed by atoms with Crippen LogP contribution in [0.4, 0.5) is 4.79 Å². The molecule has 0 aromatic heterocycles. The molecule has 264 valence electrons. The van der Waals surface area contributed by atoms with E-state index in [1.165, 1.54) is 19.3 Å². The van der Waals surface area contributed by atoms with Gasteiger partial charge in [-0.1, -0.05) is 73.2 Å². The van der Waals surface area contributed by atoms with Crippen molar-refractivity contribution in [3.05, 3.63) is 101 Å². The first-order valence-corrected chi connectivity index (χ1v) is 17.8. The molecule has 5 rings (SSSR count). The van der Waals surface area contributed by atoms with Crippen LogP contribution in [0, 0.1) is 5.92 Å². The first-order chi connectivity index (χ1) is 23.5. The number of hydrogen-bond donors (Lipinski definition) is 4. The Balaban J connectivity index is 1.31. The molecule has 0 spiro atoms. The molecule has 3 aromatic carbocycles. The van der Waals surface area contributed by atoms with Crippen LogP contribution in [0.25, 0.3) is 0 Å². The van der Waals surface area contributed by atoms with Crippen LogP contribution in [-0.2, 0) is 28.8 Å². The van der Waals surface area contributed by atoms with Crippen molar-refractivity contribution in [1.29, 1.82) is 0 Å². The topological polar surface area (TPSA) is 120 Å². The predicted octanol–water partition coefficient (Wildman–Crippen LogP) is 5.37. The first-order valence-electron chi connectivity index (χ1n) is 17.8. The lowest BCUT2D eigenvalue weighted by atomic mass is 9.88. The number of nitrogens with zero attached hydrogens (tertiary/aromatic N) is 1. The zero-order valence-electron chi connectivity index (χ0n) is 29.1. The number of piperidine rings is 1. The molecule has 4 N–H and O–H groups in total. The number of amides is 2. The van der Waals surface area contributed by atoms with Gasteiger partial charge in [0, 0.05) is 18.9 Å². The van der Waals surface area contributed by atoms with Crippen molar-refractivity contribution in [3.8, 4) is 5.75 Å². The van der Waals surface area contributed by atoms with Gasteiger partial charge < -0.3 is 30.3 Å². The van der Waals surface area contributed by atoms with Gasteiger partial charge >= 0.3 is 6.09 Å². The van der Waals surface area contributed by atoms with Crippen LogP contribution in [0.15, 0.2) is 78.9 Å². The number of aliphatic hydroxyl groups is 2. The molecule has 1 aliphatic carbocycles. The van der Waals surface area contributed by atoms with E-state index in [0.717, 1.165) is 47.6 Å². The zero-order valence-corrected chi connectivity index (χ0v) is 29.1. The summed E-state index contributed by atoms with van der Waals surface area (Å²) in [4.78, 5) is 29.4. The van der Waals surface area contributed by atoms with Crippen LogP contribution < -0.4 is 15.4 Å². The summed E-state index contributed by atoms with van der Waals surface area (Å²) in [5, 5.41) is 28.6. The number of ether oxygens (including phenoxy) is 2. The van der Waals surface area contributed by atoms with Crippen LogP contribution in [0.3, 0.4) is 0 Å². The third-order valence-electron chi connectivity index (χ3n) is 9.39. The van der Waals surface area contributed by atoms with Crippen molar-refractivity contribution < 1.29 is 29.3 Å². The quantitative estimate of drug-likeness (QED) is 0.182. The number of carbonyl (C=O) groups is 2. The fourth-order valence-electron chi connectivity index (χ4n) is 6.85. The molecule has 0 radical (unpaired) electrons. The molecule has 9 heteroatoms. The second-order valence-electron chi connectivity index (χ2n) is 14.5. The third kappa shape index (κ3) is 11.0. The fraction of sp³-hybridized carbons (Fsp3) is 0.500. The highest BCUT2D eigenvalue weighted by molar-refractivity contribution is 5.80. The predicted molar refractivity (Wildman–Crippen MR) is 190 cm³/mol. The van der Waals surface area contributed by atoms with Crippen LogP contribution in [0.5, 0.6) is 5.75 Å². The first kappa shape index (κ1) is 36.4. The van der Waals surface area contributed by atoms with E-state index in [2.05, 4.69) is 15.5 Å². The highest BCUT2D eigenvalue weighted by Gasteiger charge is 2.35. The highest BCUT2D eigenvalue weighted by atomic mass is 16.6. The van der Waals surface area contributed by atoms with E-state index < -0.39 is 41.9 Å². The van der Waals surface area contributed by atoms with Gasteiger partial charge in [-0.3, -0.25) is 9.69 Å². The van der Waals surface area contributed by atoms with Gasteiger partial charge in [-0.15, -0.1) is 0 Å². The Morgan fingerprint density at radius 3 is 2.29 bits per heavy atom. The fourth-order valence-corrected chi connectivity index (χ4v) is 6.85. The molecule has 5 unspecified atom stereocenters. The molecule has 2 aliphatic rings. The van der Waals surface area contributed by atoms with Gasteiger partial charge in [0.25, 0.3) is 0 Å². The van der Waals surface area contributed by atoms with Crippen LogP contribution in [0.2, 0.25) is 0 Å². The normalized spacial score (nSPS) is 19.7. The molecule has 3 aromatic rings. The number of carbonyl (C=O) groups excluding carboxylic acids is 2. The van der Waals surface area contributed by atoms with Crippen molar-refractivity contribution >= 4 is 12.0 Å². The van der Waals surface area contributed by atoms with Gasteiger partial charge in [0.15, 0.2) is 0 Å². The van der Waals surface area contributed by atoms with Gasteiger partial charge in [0.1, 0.15) is 18.0 Å². The van der Waals surface area contributed by atoms with Gasteiger partial charge in [-0.05, 0) is 100 Å². The molecule has 0 bridgehead atoms. The van der Waals surface area contributed by atoms with E-state index in [1.807, 2.05) is 78.9 Å². The molecule has 9 nitrogen and oxygen atoms in total. The third-order valence-corrected chi connectivity index (χ3v) is 9.39. The SMILES string of the molecule is CC(C)(C)OC(=O)NC(Cc1ccccc1)C(O)CC(Cc1ccc(OCCN2CCCCC2)cc1)C(=O)NC1c2ccccc2CC1O. The Labute approximate surface area is 291 Å². The van der Waals surface area contributed by atoms with Crippen LogP contribution in [-0.4, -0.2) is 77.2 Å². The lowest BCUT2D eigenvalue weighted by Crippen LogP contribution is -2.48. The van der Waals surface area contributed by atoms with Gasteiger partial charge in [-0.25, -0.2) is 4.79 Å². The monoisotopic (exact) mass is 671 g/mol. The number of benzene rings is 3. The standard InChI is InChI=1S/C40H53N3O6/c1-40(2,3)49-39(47)41-34(25-28-12-6-4-7-13-28)35(44)27-31(38(46)42-37-33-15-9-8-14-30(33)26-36(37)45)24-29-16-18-32(19-17-29)48-23-22-43-20-10-5-11-21-43/h4,6-9,12-19,31,34-37,44-45H,5,10-11,20-27H2,1-3H3,(H,41,47)(H,42,46). The number of fused-ring (bicyclic) bond motifs is 1. The maximum atomic E-state index is 14.1. The molecule has 1 fully saturated rings. The van der Waals surface area contributed by atoms with E-state index in [4.69, 9.17) is 9.47 Å². The van der Waals surface area contributed by atoms with E-state index in [1.54, 1.807) is 20.8 Å². The zero-order chi connectivity index (χ0) is 34.8. The summed E-state index contributed by atoms with van der Waals surface area (Å²) < 4.78 is 11.6. The summed E-state index contributed by atoms with van der Waals surface area (Å²) in [7, 11) is 0. The summed E-state index contributed by atoms with van der Waals surface area (Å²) >= 11 is 0.